The van der Waals surface area contributed by atoms with E-state index in [1.807, 2.05) is 0 Å². The van der Waals surface area contributed by atoms with Crippen LogP contribution < -0.4 is 11.1 Å². The van der Waals surface area contributed by atoms with Gasteiger partial charge in [-0.2, -0.15) is 0 Å². The zero-order valence-corrected chi connectivity index (χ0v) is 9.62. The smallest absolute Gasteiger partial charge is 0.166 e. The van der Waals surface area contributed by atoms with Crippen molar-refractivity contribution in [1.82, 2.24) is 0 Å². The van der Waals surface area contributed by atoms with E-state index in [0.29, 0.717) is 16.7 Å². The standard InChI is InChI=1S/C9H9BrClFN2/c1-5(10)4-14-9-7(13)3-2-6(11)8(9)12/h2-3,14H,1,4,13H2. The summed E-state index contributed by atoms with van der Waals surface area (Å²) in [6.07, 6.45) is 0. The third kappa shape index (κ3) is 2.62. The van der Waals surface area contributed by atoms with Gasteiger partial charge in [-0.25, -0.2) is 4.39 Å². The summed E-state index contributed by atoms with van der Waals surface area (Å²) in [5.41, 5.74) is 6.10. The first kappa shape index (κ1) is 11.3. The minimum absolute atomic E-state index is 0.0434. The molecule has 0 heterocycles. The van der Waals surface area contributed by atoms with Crippen molar-refractivity contribution < 1.29 is 4.39 Å². The molecule has 0 radical (unpaired) electrons. The molecule has 0 aromatic heterocycles. The lowest BCUT2D eigenvalue weighted by Gasteiger charge is -2.10. The van der Waals surface area contributed by atoms with Crippen LogP contribution in [0.4, 0.5) is 15.8 Å². The van der Waals surface area contributed by atoms with Gasteiger partial charge in [0.05, 0.1) is 16.4 Å². The van der Waals surface area contributed by atoms with E-state index in [1.165, 1.54) is 6.07 Å². The van der Waals surface area contributed by atoms with Gasteiger partial charge in [-0.3, -0.25) is 0 Å². The number of rotatable bonds is 3. The van der Waals surface area contributed by atoms with Gasteiger partial charge < -0.3 is 11.1 Å². The molecule has 5 heteroatoms. The van der Waals surface area contributed by atoms with Gasteiger partial charge in [-0.05, 0) is 12.1 Å². The molecule has 0 amide bonds. The van der Waals surface area contributed by atoms with Crippen molar-refractivity contribution in [2.45, 2.75) is 0 Å². The summed E-state index contributed by atoms with van der Waals surface area (Å²) in [4.78, 5) is 0. The number of nitrogen functional groups attached to an aromatic ring is 1. The van der Waals surface area contributed by atoms with Crippen LogP contribution in [0, 0.1) is 5.82 Å². The Balaban J connectivity index is 2.95. The van der Waals surface area contributed by atoms with Gasteiger partial charge in [0.1, 0.15) is 0 Å². The number of nitrogens with one attached hydrogen (secondary N) is 1. The van der Waals surface area contributed by atoms with Crippen LogP contribution >= 0.6 is 27.5 Å². The quantitative estimate of drug-likeness (QED) is 0.833. The number of halogens is 3. The maximum Gasteiger partial charge on any atom is 0.166 e. The molecule has 0 aliphatic rings. The SMILES string of the molecule is C=C(Br)CNc1c(N)ccc(Cl)c1F. The van der Waals surface area contributed by atoms with E-state index < -0.39 is 5.82 Å². The molecule has 76 valence electrons. The van der Waals surface area contributed by atoms with Crippen molar-refractivity contribution in [3.63, 3.8) is 0 Å². The van der Waals surface area contributed by atoms with Crippen molar-refractivity contribution in [3.05, 3.63) is 34.0 Å². The van der Waals surface area contributed by atoms with E-state index in [2.05, 4.69) is 27.8 Å². The molecule has 2 nitrogen and oxygen atoms in total. The van der Waals surface area contributed by atoms with E-state index in [0.717, 1.165) is 0 Å². The zero-order chi connectivity index (χ0) is 10.7. The molecule has 1 aromatic rings. The number of nitrogens with two attached hydrogens (primary N) is 1. The summed E-state index contributed by atoms with van der Waals surface area (Å²) >= 11 is 8.74. The Morgan fingerprint density at radius 2 is 2.29 bits per heavy atom. The van der Waals surface area contributed by atoms with Crippen molar-refractivity contribution in [2.75, 3.05) is 17.6 Å². The monoisotopic (exact) mass is 278 g/mol. The molecular weight excluding hydrogens is 270 g/mol. The molecule has 0 aliphatic carbocycles. The predicted octanol–water partition coefficient (Wildman–Crippen LogP) is 3.38. The maximum atomic E-state index is 13.4. The normalized spacial score (nSPS) is 9.93. The topological polar surface area (TPSA) is 38.0 Å². The Hall–Kier alpha value is -0.740. The first-order valence-corrected chi connectivity index (χ1v) is 5.00. The van der Waals surface area contributed by atoms with Crippen molar-refractivity contribution >= 4 is 38.9 Å². The average Bonchev–Trinajstić information content (AvgIpc) is 2.11. The number of benzene rings is 1. The van der Waals surface area contributed by atoms with Crippen molar-refractivity contribution in [1.29, 1.82) is 0 Å². The first-order valence-electron chi connectivity index (χ1n) is 3.83. The summed E-state index contributed by atoms with van der Waals surface area (Å²) < 4.78 is 14.1. The van der Waals surface area contributed by atoms with Gasteiger partial charge in [-0.1, -0.05) is 34.1 Å². The molecule has 0 aliphatic heterocycles. The van der Waals surface area contributed by atoms with Gasteiger partial charge >= 0.3 is 0 Å². The maximum absolute atomic E-state index is 13.4. The van der Waals surface area contributed by atoms with Crippen LogP contribution in [-0.2, 0) is 0 Å². The molecular formula is C9H9BrClFN2. The molecule has 0 atom stereocenters. The van der Waals surface area contributed by atoms with Gasteiger partial charge in [0, 0.05) is 11.0 Å². The molecule has 1 aromatic carbocycles. The van der Waals surface area contributed by atoms with Crippen LogP contribution in [-0.4, -0.2) is 6.54 Å². The molecule has 0 bridgehead atoms. The van der Waals surface area contributed by atoms with E-state index in [-0.39, 0.29) is 10.7 Å². The first-order chi connectivity index (χ1) is 6.52. The molecule has 0 unspecified atom stereocenters. The highest BCUT2D eigenvalue weighted by Crippen LogP contribution is 2.28. The Labute approximate surface area is 95.1 Å². The fourth-order valence-electron chi connectivity index (χ4n) is 0.930. The lowest BCUT2D eigenvalue weighted by atomic mass is 10.2. The lowest BCUT2D eigenvalue weighted by Crippen LogP contribution is -2.06. The third-order valence-electron chi connectivity index (χ3n) is 1.58. The van der Waals surface area contributed by atoms with Gasteiger partial charge in [-0.15, -0.1) is 0 Å². The van der Waals surface area contributed by atoms with Crippen LogP contribution in [0.3, 0.4) is 0 Å². The summed E-state index contributed by atoms with van der Waals surface area (Å²) in [5.74, 6) is -0.541. The summed E-state index contributed by atoms with van der Waals surface area (Å²) in [6, 6.07) is 2.96. The van der Waals surface area contributed by atoms with E-state index in [9.17, 15) is 4.39 Å². The van der Waals surface area contributed by atoms with Crippen LogP contribution in [0.25, 0.3) is 0 Å². The fraction of sp³-hybridized carbons (Fsp3) is 0.111. The lowest BCUT2D eigenvalue weighted by molar-refractivity contribution is 0.632. The summed E-state index contributed by atoms with van der Waals surface area (Å²) in [6.45, 7) is 4.00. The van der Waals surface area contributed by atoms with Crippen molar-refractivity contribution in [2.24, 2.45) is 0 Å². The minimum Gasteiger partial charge on any atom is -0.397 e. The number of hydrogen-bond acceptors (Lipinski definition) is 2. The highest BCUT2D eigenvalue weighted by molar-refractivity contribution is 9.11. The Morgan fingerprint density at radius 1 is 1.64 bits per heavy atom. The Kier molecular flexibility index (Phi) is 3.77. The largest absolute Gasteiger partial charge is 0.397 e. The summed E-state index contributed by atoms with van der Waals surface area (Å²) in [5, 5.41) is 2.83. The van der Waals surface area contributed by atoms with Gasteiger partial charge in [0.25, 0.3) is 0 Å². The van der Waals surface area contributed by atoms with Crippen LogP contribution in [0.2, 0.25) is 5.02 Å². The molecule has 14 heavy (non-hydrogen) atoms. The molecule has 0 spiro atoms. The number of hydrogen-bond donors (Lipinski definition) is 2. The van der Waals surface area contributed by atoms with E-state index >= 15 is 0 Å². The fourth-order valence-corrected chi connectivity index (χ4v) is 1.23. The van der Waals surface area contributed by atoms with Crippen LogP contribution in [0.1, 0.15) is 0 Å². The highest BCUT2D eigenvalue weighted by atomic mass is 79.9. The van der Waals surface area contributed by atoms with Gasteiger partial charge in [0.2, 0.25) is 0 Å². The zero-order valence-electron chi connectivity index (χ0n) is 7.28. The Morgan fingerprint density at radius 3 is 2.86 bits per heavy atom. The minimum atomic E-state index is -0.541. The van der Waals surface area contributed by atoms with Gasteiger partial charge in [0.15, 0.2) is 5.82 Å². The average molecular weight is 280 g/mol. The molecule has 0 saturated carbocycles. The summed E-state index contributed by atoms with van der Waals surface area (Å²) in [7, 11) is 0. The third-order valence-corrected chi connectivity index (χ3v) is 2.16. The molecule has 1 rings (SSSR count). The van der Waals surface area contributed by atoms with Crippen LogP contribution in [0.15, 0.2) is 23.2 Å². The molecule has 0 saturated heterocycles. The second-order valence-electron chi connectivity index (χ2n) is 2.70. The molecule has 0 fully saturated rings. The predicted molar refractivity (Wildman–Crippen MR) is 62.4 cm³/mol. The molecule has 3 N–H and O–H groups in total. The Bertz CT molecular complexity index is 368. The second kappa shape index (κ2) is 4.66. The van der Waals surface area contributed by atoms with Crippen molar-refractivity contribution in [3.8, 4) is 0 Å². The van der Waals surface area contributed by atoms with E-state index in [4.69, 9.17) is 17.3 Å². The van der Waals surface area contributed by atoms with E-state index in [1.54, 1.807) is 6.07 Å². The highest BCUT2D eigenvalue weighted by Gasteiger charge is 2.09. The number of anilines is 2. The van der Waals surface area contributed by atoms with Crippen LogP contribution in [0.5, 0.6) is 0 Å². The second-order valence-corrected chi connectivity index (χ2v) is 4.23.